The van der Waals surface area contributed by atoms with Crippen LogP contribution in [-0.4, -0.2) is 29.8 Å². The second kappa shape index (κ2) is 7.53. The zero-order chi connectivity index (χ0) is 15.3. The zero-order valence-electron chi connectivity index (χ0n) is 13.2. The van der Waals surface area contributed by atoms with E-state index >= 15 is 0 Å². The van der Waals surface area contributed by atoms with Crippen molar-refractivity contribution in [3.8, 4) is 0 Å². The van der Waals surface area contributed by atoms with Crippen LogP contribution in [0.2, 0.25) is 0 Å². The number of Topliss-reactive ketones (excluding diaryl/α,β-unsaturated/α-hetero) is 1. The van der Waals surface area contributed by atoms with Crippen molar-refractivity contribution in [3.05, 3.63) is 35.1 Å². The standard InChI is InChI=1S/C17H26FNO/c1-12(2)11-19(13(3)4)9-8-17(20)15-7-6-14(5)16(18)10-15/h6-7,10,12-13H,8-9,11H2,1-5H3. The molecule has 0 saturated heterocycles. The van der Waals surface area contributed by atoms with Crippen LogP contribution in [0, 0.1) is 18.7 Å². The number of benzene rings is 1. The third-order valence-corrected chi connectivity index (χ3v) is 3.45. The molecule has 1 aromatic carbocycles. The second-order valence-corrected chi connectivity index (χ2v) is 6.12. The van der Waals surface area contributed by atoms with E-state index in [1.165, 1.54) is 6.07 Å². The monoisotopic (exact) mass is 279 g/mol. The molecule has 20 heavy (non-hydrogen) atoms. The van der Waals surface area contributed by atoms with E-state index < -0.39 is 0 Å². The first kappa shape index (κ1) is 16.8. The van der Waals surface area contributed by atoms with Crippen molar-refractivity contribution in [1.29, 1.82) is 0 Å². The molecule has 1 aromatic rings. The van der Waals surface area contributed by atoms with Crippen LogP contribution in [0.3, 0.4) is 0 Å². The lowest BCUT2D eigenvalue weighted by Crippen LogP contribution is -2.35. The summed E-state index contributed by atoms with van der Waals surface area (Å²) in [6, 6.07) is 5.14. The van der Waals surface area contributed by atoms with Gasteiger partial charge in [-0.1, -0.05) is 26.0 Å². The number of halogens is 1. The van der Waals surface area contributed by atoms with E-state index in [1.807, 2.05) is 0 Å². The van der Waals surface area contributed by atoms with Crippen LogP contribution >= 0.6 is 0 Å². The van der Waals surface area contributed by atoms with Crippen molar-refractivity contribution in [2.75, 3.05) is 13.1 Å². The Labute approximate surface area is 122 Å². The summed E-state index contributed by atoms with van der Waals surface area (Å²) >= 11 is 0. The average Bonchev–Trinajstić information content (AvgIpc) is 2.36. The lowest BCUT2D eigenvalue weighted by molar-refractivity contribution is 0.0949. The Hall–Kier alpha value is -1.22. The van der Waals surface area contributed by atoms with Gasteiger partial charge in [-0.05, 0) is 38.3 Å². The molecule has 0 spiro atoms. The Kier molecular flexibility index (Phi) is 6.34. The Balaban J connectivity index is 2.63. The summed E-state index contributed by atoms with van der Waals surface area (Å²) in [4.78, 5) is 14.4. The molecule has 0 aromatic heterocycles. The number of hydrogen-bond donors (Lipinski definition) is 0. The first-order valence-corrected chi connectivity index (χ1v) is 7.34. The van der Waals surface area contributed by atoms with Crippen molar-refractivity contribution in [2.24, 2.45) is 5.92 Å². The fraction of sp³-hybridized carbons (Fsp3) is 0.588. The lowest BCUT2D eigenvalue weighted by atomic mass is 10.0. The summed E-state index contributed by atoms with van der Waals surface area (Å²) in [5.41, 5.74) is 1.05. The predicted octanol–water partition coefficient (Wildman–Crippen LogP) is 4.07. The minimum atomic E-state index is -0.307. The van der Waals surface area contributed by atoms with E-state index in [9.17, 15) is 9.18 Å². The number of rotatable bonds is 7. The number of aryl methyl sites for hydroxylation is 1. The highest BCUT2D eigenvalue weighted by atomic mass is 19.1. The van der Waals surface area contributed by atoms with E-state index in [0.29, 0.717) is 29.5 Å². The van der Waals surface area contributed by atoms with Gasteiger partial charge in [-0.25, -0.2) is 4.39 Å². The maximum atomic E-state index is 13.5. The largest absolute Gasteiger partial charge is 0.300 e. The fourth-order valence-corrected chi connectivity index (χ4v) is 2.19. The van der Waals surface area contributed by atoms with Gasteiger partial charge in [-0.2, -0.15) is 0 Å². The first-order valence-electron chi connectivity index (χ1n) is 7.34. The van der Waals surface area contributed by atoms with Crippen LogP contribution in [0.5, 0.6) is 0 Å². The minimum Gasteiger partial charge on any atom is -0.300 e. The summed E-state index contributed by atoms with van der Waals surface area (Å²) in [7, 11) is 0. The summed E-state index contributed by atoms with van der Waals surface area (Å²) in [5, 5.41) is 0. The van der Waals surface area contributed by atoms with Gasteiger partial charge in [-0.3, -0.25) is 4.79 Å². The molecule has 0 N–H and O–H groups in total. The van der Waals surface area contributed by atoms with E-state index in [2.05, 4.69) is 32.6 Å². The van der Waals surface area contributed by atoms with Crippen LogP contribution in [0.4, 0.5) is 4.39 Å². The molecule has 0 fully saturated rings. The van der Waals surface area contributed by atoms with Gasteiger partial charge in [0.2, 0.25) is 0 Å². The van der Waals surface area contributed by atoms with Crippen LogP contribution in [0.15, 0.2) is 18.2 Å². The van der Waals surface area contributed by atoms with Gasteiger partial charge in [0.05, 0.1) is 0 Å². The van der Waals surface area contributed by atoms with Crippen LogP contribution in [-0.2, 0) is 0 Å². The van der Waals surface area contributed by atoms with Crippen LogP contribution in [0.1, 0.15) is 50.0 Å². The van der Waals surface area contributed by atoms with Crippen LogP contribution < -0.4 is 0 Å². The highest BCUT2D eigenvalue weighted by Gasteiger charge is 2.14. The molecule has 1 rings (SSSR count). The highest BCUT2D eigenvalue weighted by molar-refractivity contribution is 5.96. The van der Waals surface area contributed by atoms with Crippen molar-refractivity contribution in [1.82, 2.24) is 4.90 Å². The van der Waals surface area contributed by atoms with E-state index in [1.54, 1.807) is 19.1 Å². The number of nitrogens with zero attached hydrogens (tertiary/aromatic N) is 1. The molecule has 0 aliphatic rings. The molecule has 0 amide bonds. The minimum absolute atomic E-state index is 0.0123. The molecule has 0 unspecified atom stereocenters. The van der Waals surface area contributed by atoms with Gasteiger partial charge in [0.1, 0.15) is 5.82 Å². The molecule has 0 aliphatic heterocycles. The molecule has 2 nitrogen and oxygen atoms in total. The summed E-state index contributed by atoms with van der Waals surface area (Å²) in [6.07, 6.45) is 0.438. The van der Waals surface area contributed by atoms with Crippen LogP contribution in [0.25, 0.3) is 0 Å². The maximum absolute atomic E-state index is 13.5. The van der Waals surface area contributed by atoms with Gasteiger partial charge in [0.15, 0.2) is 5.78 Å². The van der Waals surface area contributed by atoms with Gasteiger partial charge < -0.3 is 4.90 Å². The van der Waals surface area contributed by atoms with Crippen molar-refractivity contribution >= 4 is 5.78 Å². The van der Waals surface area contributed by atoms with Gasteiger partial charge in [-0.15, -0.1) is 0 Å². The zero-order valence-corrected chi connectivity index (χ0v) is 13.2. The summed E-state index contributed by atoms with van der Waals surface area (Å²) in [6.45, 7) is 12.0. The Morgan fingerprint density at radius 2 is 1.90 bits per heavy atom. The number of carbonyl (C=O) groups is 1. The molecular weight excluding hydrogens is 253 g/mol. The van der Waals surface area contributed by atoms with E-state index in [-0.39, 0.29) is 11.6 Å². The van der Waals surface area contributed by atoms with Crippen molar-refractivity contribution in [2.45, 2.75) is 47.1 Å². The fourth-order valence-electron chi connectivity index (χ4n) is 2.19. The molecule has 0 radical (unpaired) electrons. The molecule has 0 bridgehead atoms. The maximum Gasteiger partial charge on any atom is 0.164 e. The number of carbonyl (C=O) groups excluding carboxylic acids is 1. The smallest absolute Gasteiger partial charge is 0.164 e. The van der Waals surface area contributed by atoms with Gasteiger partial charge in [0.25, 0.3) is 0 Å². The van der Waals surface area contributed by atoms with Gasteiger partial charge in [0, 0.05) is 31.1 Å². The Bertz CT molecular complexity index is 454. The van der Waals surface area contributed by atoms with E-state index in [0.717, 1.165) is 13.1 Å². The third-order valence-electron chi connectivity index (χ3n) is 3.45. The molecule has 0 atom stereocenters. The molecule has 0 saturated carbocycles. The molecule has 0 heterocycles. The van der Waals surface area contributed by atoms with Crippen molar-refractivity contribution in [3.63, 3.8) is 0 Å². The van der Waals surface area contributed by atoms with Gasteiger partial charge >= 0.3 is 0 Å². The molecule has 112 valence electrons. The summed E-state index contributed by atoms with van der Waals surface area (Å²) < 4.78 is 13.5. The molecular formula is C17H26FNO. The predicted molar refractivity (Wildman–Crippen MR) is 81.6 cm³/mol. The van der Waals surface area contributed by atoms with Crippen molar-refractivity contribution < 1.29 is 9.18 Å². The topological polar surface area (TPSA) is 20.3 Å². The number of ketones is 1. The Morgan fingerprint density at radius 1 is 1.25 bits per heavy atom. The van der Waals surface area contributed by atoms with E-state index in [4.69, 9.17) is 0 Å². The third kappa shape index (κ3) is 5.04. The summed E-state index contributed by atoms with van der Waals surface area (Å²) in [5.74, 6) is 0.279. The highest BCUT2D eigenvalue weighted by Crippen LogP contribution is 2.12. The second-order valence-electron chi connectivity index (χ2n) is 6.12. The first-order chi connectivity index (χ1) is 9.31. The molecule has 3 heteroatoms. The SMILES string of the molecule is Cc1ccc(C(=O)CCN(CC(C)C)C(C)C)cc1F. The molecule has 0 aliphatic carbocycles. The quantitative estimate of drug-likeness (QED) is 0.701. The average molecular weight is 279 g/mol. The Morgan fingerprint density at radius 3 is 2.40 bits per heavy atom. The normalized spacial score (nSPS) is 11.7. The number of hydrogen-bond acceptors (Lipinski definition) is 2. The lowest BCUT2D eigenvalue weighted by Gasteiger charge is -2.27.